The zero-order valence-corrected chi connectivity index (χ0v) is 13.5. The molecule has 1 N–H and O–H groups in total. The van der Waals surface area contributed by atoms with Crippen LogP contribution in [0.2, 0.25) is 0 Å². The van der Waals surface area contributed by atoms with E-state index in [0.29, 0.717) is 16.6 Å². The van der Waals surface area contributed by atoms with Crippen LogP contribution in [0.1, 0.15) is 31.2 Å². The van der Waals surface area contributed by atoms with Gasteiger partial charge in [0.2, 0.25) is 0 Å². The van der Waals surface area contributed by atoms with E-state index < -0.39 is 0 Å². The van der Waals surface area contributed by atoms with Crippen molar-refractivity contribution in [2.45, 2.75) is 44.3 Å². The molecule has 3 rings (SSSR count). The molecule has 0 radical (unpaired) electrons. The van der Waals surface area contributed by atoms with Crippen LogP contribution < -0.4 is 5.32 Å². The van der Waals surface area contributed by atoms with Crippen LogP contribution in [-0.4, -0.2) is 35.0 Å². The lowest BCUT2D eigenvalue weighted by atomic mass is 10.1. The van der Waals surface area contributed by atoms with Gasteiger partial charge in [0.05, 0.1) is 9.40 Å². The molecule has 1 saturated carbocycles. The molecule has 1 aromatic rings. The predicted octanol–water partition coefficient (Wildman–Crippen LogP) is 3.07. The second-order valence-corrected chi connectivity index (χ2v) is 6.85. The molecule has 114 valence electrons. The Bertz CT molecular complexity index is 528. The second kappa shape index (κ2) is 6.42. The Labute approximate surface area is 133 Å². The summed E-state index contributed by atoms with van der Waals surface area (Å²) in [6, 6.07) is 6.70. The second-order valence-electron chi connectivity index (χ2n) is 6.00. The molecule has 0 spiro atoms. The quantitative estimate of drug-likeness (QED) is 0.630. The Balaban J connectivity index is 1.70. The van der Waals surface area contributed by atoms with Crippen LogP contribution in [0.15, 0.2) is 22.7 Å². The van der Waals surface area contributed by atoms with Gasteiger partial charge < -0.3 is 5.32 Å². The number of rotatable bonds is 6. The molecule has 1 heterocycles. The lowest BCUT2D eigenvalue weighted by Crippen LogP contribution is -2.38. The summed E-state index contributed by atoms with van der Waals surface area (Å²) < 4.78 is 0.548. The molecule has 1 saturated heterocycles. The van der Waals surface area contributed by atoms with E-state index >= 15 is 0 Å². The zero-order valence-electron chi connectivity index (χ0n) is 11.9. The number of benzene rings is 1. The molecule has 0 aromatic heterocycles. The van der Waals surface area contributed by atoms with Gasteiger partial charge in [0.25, 0.3) is 5.69 Å². The van der Waals surface area contributed by atoms with Crippen molar-refractivity contribution in [3.8, 4) is 0 Å². The molecule has 6 heteroatoms. The molecule has 21 heavy (non-hydrogen) atoms. The molecule has 2 aliphatic rings. The maximum absolute atomic E-state index is 11.0. The van der Waals surface area contributed by atoms with Crippen LogP contribution in [-0.2, 0) is 6.54 Å². The first kappa shape index (κ1) is 14.9. The van der Waals surface area contributed by atoms with Gasteiger partial charge in [-0.05, 0) is 59.8 Å². The van der Waals surface area contributed by atoms with Gasteiger partial charge in [-0.2, -0.15) is 0 Å². The van der Waals surface area contributed by atoms with Gasteiger partial charge in [0.1, 0.15) is 0 Å². The van der Waals surface area contributed by atoms with Gasteiger partial charge in [0.15, 0.2) is 0 Å². The number of nitrogens with zero attached hydrogens (tertiary/aromatic N) is 2. The van der Waals surface area contributed by atoms with Gasteiger partial charge in [-0.15, -0.1) is 0 Å². The molecule has 1 unspecified atom stereocenters. The van der Waals surface area contributed by atoms with Crippen LogP contribution in [0, 0.1) is 10.1 Å². The topological polar surface area (TPSA) is 58.4 Å². The Morgan fingerprint density at radius 1 is 1.38 bits per heavy atom. The number of halogens is 1. The normalized spacial score (nSPS) is 21.9. The maximum Gasteiger partial charge on any atom is 0.283 e. The fourth-order valence-corrected chi connectivity index (χ4v) is 3.40. The third-order valence-electron chi connectivity index (χ3n) is 4.27. The van der Waals surface area contributed by atoms with Crippen LogP contribution >= 0.6 is 15.9 Å². The fraction of sp³-hybridized carbons (Fsp3) is 0.600. The minimum Gasteiger partial charge on any atom is -0.313 e. The van der Waals surface area contributed by atoms with Crippen LogP contribution in [0.5, 0.6) is 0 Å². The summed E-state index contributed by atoms with van der Waals surface area (Å²) in [5.74, 6) is 0. The Kier molecular flexibility index (Phi) is 4.57. The van der Waals surface area contributed by atoms with Crippen LogP contribution in [0.25, 0.3) is 0 Å². The van der Waals surface area contributed by atoms with Gasteiger partial charge in [0, 0.05) is 31.2 Å². The first-order valence-electron chi connectivity index (χ1n) is 7.54. The number of hydrogen-bond acceptors (Lipinski definition) is 4. The summed E-state index contributed by atoms with van der Waals surface area (Å²) >= 11 is 3.24. The lowest BCUT2D eigenvalue weighted by Gasteiger charge is -2.25. The standard InChI is InChI=1S/C15H20BrN3O2/c16-14-6-3-11(8-15(14)19(20)21)9-18(13-4-5-13)10-12-2-1-7-17-12/h3,6,8,12-13,17H,1-2,4-5,7,9-10H2. The molecular weight excluding hydrogens is 334 g/mol. The predicted molar refractivity (Wildman–Crippen MR) is 85.3 cm³/mol. The number of nitro groups is 1. The highest BCUT2D eigenvalue weighted by Crippen LogP contribution is 2.31. The summed E-state index contributed by atoms with van der Waals surface area (Å²) in [6.45, 7) is 2.97. The Hall–Kier alpha value is -0.980. The first-order chi connectivity index (χ1) is 10.1. The van der Waals surface area contributed by atoms with Crippen molar-refractivity contribution < 1.29 is 4.92 Å². The van der Waals surface area contributed by atoms with Crippen molar-refractivity contribution in [3.63, 3.8) is 0 Å². The van der Waals surface area contributed by atoms with Crippen molar-refractivity contribution in [3.05, 3.63) is 38.3 Å². The summed E-state index contributed by atoms with van der Waals surface area (Å²) in [4.78, 5) is 13.2. The van der Waals surface area contributed by atoms with E-state index in [2.05, 4.69) is 26.1 Å². The number of nitro benzene ring substituents is 1. The highest BCUT2D eigenvalue weighted by atomic mass is 79.9. The third kappa shape index (κ3) is 3.81. The van der Waals surface area contributed by atoms with Gasteiger partial charge >= 0.3 is 0 Å². The molecule has 1 aromatic carbocycles. The molecule has 0 amide bonds. The van der Waals surface area contributed by atoms with E-state index in [-0.39, 0.29) is 10.6 Å². The summed E-state index contributed by atoms with van der Waals surface area (Å²) in [5.41, 5.74) is 1.18. The van der Waals surface area contributed by atoms with E-state index in [9.17, 15) is 10.1 Å². The SMILES string of the molecule is O=[N+]([O-])c1cc(CN(CC2CCCN2)C2CC2)ccc1Br. The summed E-state index contributed by atoms with van der Waals surface area (Å²) in [5, 5.41) is 14.6. The number of nitrogens with one attached hydrogen (secondary N) is 1. The van der Waals surface area contributed by atoms with Crippen molar-refractivity contribution in [1.82, 2.24) is 10.2 Å². The fourth-order valence-electron chi connectivity index (χ4n) is 3.01. The third-order valence-corrected chi connectivity index (χ3v) is 4.94. The van der Waals surface area contributed by atoms with Crippen molar-refractivity contribution in [2.24, 2.45) is 0 Å². The van der Waals surface area contributed by atoms with Crippen molar-refractivity contribution in [2.75, 3.05) is 13.1 Å². The van der Waals surface area contributed by atoms with E-state index in [0.717, 1.165) is 25.2 Å². The first-order valence-corrected chi connectivity index (χ1v) is 8.33. The van der Waals surface area contributed by atoms with Gasteiger partial charge in [-0.25, -0.2) is 0 Å². The molecule has 5 nitrogen and oxygen atoms in total. The molecule has 1 aliphatic carbocycles. The maximum atomic E-state index is 11.0. The van der Waals surface area contributed by atoms with Crippen molar-refractivity contribution >= 4 is 21.6 Å². The zero-order chi connectivity index (χ0) is 14.8. The average molecular weight is 354 g/mol. The van der Waals surface area contributed by atoms with Crippen LogP contribution in [0.3, 0.4) is 0 Å². The molecule has 0 bridgehead atoms. The highest BCUT2D eigenvalue weighted by Gasteiger charge is 2.31. The Morgan fingerprint density at radius 2 is 2.19 bits per heavy atom. The van der Waals surface area contributed by atoms with Gasteiger partial charge in [-0.3, -0.25) is 15.0 Å². The smallest absolute Gasteiger partial charge is 0.283 e. The molecule has 1 atom stereocenters. The van der Waals surface area contributed by atoms with Gasteiger partial charge in [-0.1, -0.05) is 6.07 Å². The minimum atomic E-state index is -0.326. The highest BCUT2D eigenvalue weighted by molar-refractivity contribution is 9.10. The summed E-state index contributed by atoms with van der Waals surface area (Å²) in [7, 11) is 0. The molecule has 2 fully saturated rings. The number of hydrogen-bond donors (Lipinski definition) is 1. The minimum absolute atomic E-state index is 0.155. The van der Waals surface area contributed by atoms with Crippen molar-refractivity contribution in [1.29, 1.82) is 0 Å². The monoisotopic (exact) mass is 353 g/mol. The largest absolute Gasteiger partial charge is 0.313 e. The van der Waals surface area contributed by atoms with Crippen LogP contribution in [0.4, 0.5) is 5.69 Å². The lowest BCUT2D eigenvalue weighted by molar-refractivity contribution is -0.385. The molecular formula is C15H20BrN3O2. The Morgan fingerprint density at radius 3 is 2.81 bits per heavy atom. The molecule has 1 aliphatic heterocycles. The van der Waals surface area contributed by atoms with E-state index in [1.54, 1.807) is 12.1 Å². The summed E-state index contributed by atoms with van der Waals surface area (Å²) in [6.07, 6.45) is 5.01. The average Bonchev–Trinajstić information content (AvgIpc) is 3.18. The van der Waals surface area contributed by atoms with E-state index in [1.807, 2.05) is 6.07 Å². The van der Waals surface area contributed by atoms with E-state index in [1.165, 1.54) is 25.7 Å². The van der Waals surface area contributed by atoms with E-state index in [4.69, 9.17) is 0 Å².